The Hall–Kier alpha value is -3.25. The van der Waals surface area contributed by atoms with Crippen molar-refractivity contribution in [3.8, 4) is 0 Å². The fraction of sp³-hybridized carbons (Fsp3) is 0.240. The number of pyridine rings is 1. The molecule has 5 nitrogen and oxygen atoms in total. The van der Waals surface area contributed by atoms with Gasteiger partial charge in [0.25, 0.3) is 0 Å². The van der Waals surface area contributed by atoms with E-state index in [0.29, 0.717) is 16.2 Å². The van der Waals surface area contributed by atoms with Crippen molar-refractivity contribution in [1.82, 2.24) is 19.7 Å². The number of aromatic nitrogens is 1. The van der Waals surface area contributed by atoms with Gasteiger partial charge < -0.3 is 20.0 Å². The second-order valence-corrected chi connectivity index (χ2v) is 8.38. The quantitative estimate of drug-likeness (QED) is 0.650. The van der Waals surface area contributed by atoms with Gasteiger partial charge in [0, 0.05) is 79.2 Å². The minimum absolute atomic E-state index is 0.334. The van der Waals surface area contributed by atoms with Crippen LogP contribution in [0.25, 0.3) is 11.3 Å². The zero-order valence-electron chi connectivity index (χ0n) is 18.6. The fourth-order valence-corrected chi connectivity index (χ4v) is 4.20. The first-order valence-electron chi connectivity index (χ1n) is 10.5. The summed E-state index contributed by atoms with van der Waals surface area (Å²) in [6.45, 7) is 13.0. The number of fused-ring (bicyclic) bond motifs is 1. The van der Waals surface area contributed by atoms with E-state index in [1.165, 1.54) is 6.07 Å². The van der Waals surface area contributed by atoms with Crippen LogP contribution in [0, 0.1) is 5.82 Å². The molecule has 0 amide bonds. The molecule has 0 saturated carbocycles. The predicted octanol–water partition coefficient (Wildman–Crippen LogP) is 5.24. The molecule has 2 aliphatic rings. The summed E-state index contributed by atoms with van der Waals surface area (Å²) < 4.78 is 14.8. The Morgan fingerprint density at radius 3 is 2.84 bits per heavy atom. The number of halogens is 2. The Balaban J connectivity index is 1.82. The maximum absolute atomic E-state index is 14.8. The van der Waals surface area contributed by atoms with E-state index in [2.05, 4.69) is 45.1 Å². The molecule has 1 fully saturated rings. The predicted molar refractivity (Wildman–Crippen MR) is 130 cm³/mol. The lowest BCUT2D eigenvalue weighted by atomic mass is 9.98. The highest BCUT2D eigenvalue weighted by Crippen LogP contribution is 2.40. The monoisotopic (exact) mass is 451 g/mol. The van der Waals surface area contributed by atoms with E-state index >= 15 is 0 Å². The smallest absolute Gasteiger partial charge is 0.133 e. The molecule has 166 valence electrons. The van der Waals surface area contributed by atoms with Crippen molar-refractivity contribution >= 4 is 28.6 Å². The number of anilines is 1. The highest BCUT2D eigenvalue weighted by Gasteiger charge is 2.33. The van der Waals surface area contributed by atoms with E-state index in [0.717, 1.165) is 53.8 Å². The van der Waals surface area contributed by atoms with Gasteiger partial charge in [0.15, 0.2) is 0 Å². The molecular formula is C25H27ClFN5. The van der Waals surface area contributed by atoms with Gasteiger partial charge >= 0.3 is 0 Å². The molecule has 1 saturated heterocycles. The minimum Gasteiger partial charge on any atom is -0.375 e. The number of allylic oxidation sites excluding steroid dienone is 2. The van der Waals surface area contributed by atoms with E-state index < -0.39 is 0 Å². The van der Waals surface area contributed by atoms with Crippen LogP contribution in [0.2, 0.25) is 5.02 Å². The van der Waals surface area contributed by atoms with Crippen LogP contribution in [-0.2, 0) is 0 Å². The molecule has 1 aromatic carbocycles. The highest BCUT2D eigenvalue weighted by atomic mass is 35.5. The highest BCUT2D eigenvalue weighted by molar-refractivity contribution is 6.30. The Labute approximate surface area is 193 Å². The summed E-state index contributed by atoms with van der Waals surface area (Å²) in [6.07, 6.45) is 5.50. The van der Waals surface area contributed by atoms with Crippen molar-refractivity contribution in [3.63, 3.8) is 0 Å². The maximum Gasteiger partial charge on any atom is 0.133 e. The summed E-state index contributed by atoms with van der Waals surface area (Å²) in [5, 5.41) is 4.04. The van der Waals surface area contributed by atoms with E-state index in [4.69, 9.17) is 11.6 Å². The van der Waals surface area contributed by atoms with E-state index in [1.807, 2.05) is 26.2 Å². The Morgan fingerprint density at radius 2 is 2.09 bits per heavy atom. The van der Waals surface area contributed by atoms with Crippen LogP contribution in [-0.4, -0.2) is 53.4 Å². The lowest BCUT2D eigenvalue weighted by Gasteiger charge is -2.33. The van der Waals surface area contributed by atoms with Crippen LogP contribution in [0.3, 0.4) is 0 Å². The summed E-state index contributed by atoms with van der Waals surface area (Å²) in [6, 6.07) is 6.51. The number of likely N-dealkylation sites (N-methyl/N-ethyl adjacent to an activating group) is 1. The summed E-state index contributed by atoms with van der Waals surface area (Å²) in [7, 11) is 4.04. The van der Waals surface area contributed by atoms with Gasteiger partial charge in [0.2, 0.25) is 0 Å². The second kappa shape index (κ2) is 8.71. The molecule has 1 N–H and O–H groups in total. The third kappa shape index (κ3) is 3.86. The second-order valence-electron chi connectivity index (χ2n) is 7.95. The van der Waals surface area contributed by atoms with Crippen LogP contribution in [0.4, 0.5) is 10.1 Å². The molecule has 0 unspecified atom stereocenters. The van der Waals surface area contributed by atoms with Crippen molar-refractivity contribution in [3.05, 3.63) is 95.1 Å². The molecule has 4 rings (SSSR count). The topological polar surface area (TPSA) is 34.6 Å². The number of benzene rings is 1. The number of nitrogens with one attached hydrogen (secondary N) is 1. The van der Waals surface area contributed by atoms with Gasteiger partial charge in [-0.15, -0.1) is 0 Å². The van der Waals surface area contributed by atoms with Gasteiger partial charge in [-0.3, -0.25) is 4.98 Å². The van der Waals surface area contributed by atoms with Gasteiger partial charge in [-0.05, 0) is 37.3 Å². The SMILES string of the molecule is C=C(c1cnccc1NC1=C2N(C)CCN2C(=C)C(c2cc(Cl)ccc2F)=C1)N(C)CC. The standard InChI is InChI=1S/C25H27ClFN5/c1-6-30(4)16(2)21-15-28-10-9-23(21)29-24-14-19(20-13-18(26)7-8-22(20)27)17(3)32-12-11-31(5)25(24)32/h7-10,13-15H,2-3,6,11-12H2,1,4-5H3,(H,28,29). The molecule has 0 radical (unpaired) electrons. The van der Waals surface area contributed by atoms with E-state index in [9.17, 15) is 4.39 Å². The van der Waals surface area contributed by atoms with Crippen molar-refractivity contribution in [1.29, 1.82) is 0 Å². The molecule has 3 heterocycles. The van der Waals surface area contributed by atoms with E-state index in [1.54, 1.807) is 24.5 Å². The van der Waals surface area contributed by atoms with Crippen LogP contribution in [0.15, 0.2) is 73.1 Å². The summed E-state index contributed by atoms with van der Waals surface area (Å²) in [5.74, 6) is 0.665. The molecular weight excluding hydrogens is 425 g/mol. The average molecular weight is 452 g/mol. The molecule has 32 heavy (non-hydrogen) atoms. The lowest BCUT2D eigenvalue weighted by molar-refractivity contribution is 0.428. The van der Waals surface area contributed by atoms with Gasteiger partial charge in [0.1, 0.15) is 11.6 Å². The van der Waals surface area contributed by atoms with Crippen molar-refractivity contribution in [2.75, 3.05) is 39.0 Å². The zero-order chi connectivity index (χ0) is 23.0. The normalized spacial score (nSPS) is 15.7. The number of nitrogens with zero attached hydrogens (tertiary/aromatic N) is 4. The van der Waals surface area contributed by atoms with Crippen LogP contribution >= 0.6 is 11.6 Å². The Morgan fingerprint density at radius 1 is 1.31 bits per heavy atom. The summed E-state index contributed by atoms with van der Waals surface area (Å²) >= 11 is 6.19. The maximum atomic E-state index is 14.8. The number of rotatable bonds is 6. The largest absolute Gasteiger partial charge is 0.375 e. The summed E-state index contributed by atoms with van der Waals surface area (Å²) in [5.41, 5.74) is 5.39. The third-order valence-electron chi connectivity index (χ3n) is 6.00. The molecule has 7 heteroatoms. The van der Waals surface area contributed by atoms with Crippen molar-refractivity contribution in [2.24, 2.45) is 0 Å². The molecule has 0 bridgehead atoms. The molecule has 1 aromatic heterocycles. The first kappa shape index (κ1) is 22.0. The first-order chi connectivity index (χ1) is 15.3. The third-order valence-corrected chi connectivity index (χ3v) is 6.23. The van der Waals surface area contributed by atoms with E-state index in [-0.39, 0.29) is 5.82 Å². The molecule has 0 atom stereocenters. The molecule has 2 aliphatic heterocycles. The van der Waals surface area contributed by atoms with Gasteiger partial charge in [-0.2, -0.15) is 0 Å². The van der Waals surface area contributed by atoms with Crippen LogP contribution in [0.1, 0.15) is 18.1 Å². The zero-order valence-corrected chi connectivity index (χ0v) is 19.4. The van der Waals surface area contributed by atoms with Crippen LogP contribution in [0.5, 0.6) is 0 Å². The minimum atomic E-state index is -0.334. The van der Waals surface area contributed by atoms with Gasteiger partial charge in [0.05, 0.1) is 11.4 Å². The average Bonchev–Trinajstić information content (AvgIpc) is 3.19. The van der Waals surface area contributed by atoms with Crippen LogP contribution < -0.4 is 5.32 Å². The number of hydrogen-bond acceptors (Lipinski definition) is 5. The first-order valence-corrected chi connectivity index (χ1v) is 10.9. The van der Waals surface area contributed by atoms with Gasteiger partial charge in [-0.25, -0.2) is 4.39 Å². The molecule has 0 spiro atoms. The van der Waals surface area contributed by atoms with Crippen molar-refractivity contribution < 1.29 is 4.39 Å². The molecule has 2 aromatic rings. The lowest BCUT2D eigenvalue weighted by Crippen LogP contribution is -2.28. The summed E-state index contributed by atoms with van der Waals surface area (Å²) in [4.78, 5) is 10.7. The van der Waals surface area contributed by atoms with Crippen molar-refractivity contribution in [2.45, 2.75) is 6.92 Å². The van der Waals surface area contributed by atoms with Gasteiger partial charge in [-0.1, -0.05) is 24.8 Å². The molecule has 0 aliphatic carbocycles. The Bertz CT molecular complexity index is 1150. The Kier molecular flexibility index (Phi) is 5.98. The number of hydrogen-bond donors (Lipinski definition) is 1. The fourth-order valence-electron chi connectivity index (χ4n) is 4.02.